The lowest BCUT2D eigenvalue weighted by molar-refractivity contribution is -0.353. The fraction of sp³-hybridized carbons (Fsp3) is 0.955. The number of unbranched alkanes of at least 4 members (excludes halogenated alkanes) is 5. The molecule has 206 valence electrons. The van der Waals surface area contributed by atoms with Crippen LogP contribution in [0.15, 0.2) is 0 Å². The maximum Gasteiger partial charge on any atom is 0.305 e. The first kappa shape index (κ1) is 30.3. The number of ether oxygens (including phenoxy) is 4. The van der Waals surface area contributed by atoms with Crippen molar-refractivity contribution in [2.45, 2.75) is 112 Å². The average molecular weight is 512 g/mol. The van der Waals surface area contributed by atoms with Gasteiger partial charge in [-0.2, -0.15) is 0 Å². The van der Waals surface area contributed by atoms with Crippen LogP contribution in [0, 0.1) is 0 Å². The van der Waals surface area contributed by atoms with E-state index in [0.29, 0.717) is 12.8 Å². The summed E-state index contributed by atoms with van der Waals surface area (Å²) in [4.78, 5) is 11.1. The molecule has 0 aliphatic carbocycles. The molecule has 2 heterocycles. The summed E-state index contributed by atoms with van der Waals surface area (Å²) in [6.07, 6.45) is -8.37. The summed E-state index contributed by atoms with van der Waals surface area (Å²) < 4.78 is 21.0. The fourth-order valence-electron chi connectivity index (χ4n) is 4.45. The predicted molar refractivity (Wildman–Crippen MR) is 118 cm³/mol. The van der Waals surface area contributed by atoms with E-state index in [1.54, 1.807) is 0 Å². The Balaban J connectivity index is 1.94. The minimum Gasteiger partial charge on any atom is -0.469 e. The normalized spacial score (nSPS) is 40.0. The molecule has 0 radical (unpaired) electrons. The highest BCUT2D eigenvalue weighted by atomic mass is 16.7. The number of aliphatic hydroxyl groups is 7. The van der Waals surface area contributed by atoms with Crippen LogP contribution in [0.1, 0.15) is 51.4 Å². The molecule has 10 atom stereocenters. The highest BCUT2D eigenvalue weighted by Crippen LogP contribution is 2.35. The minimum atomic E-state index is -1.72. The molecule has 0 saturated carbocycles. The van der Waals surface area contributed by atoms with E-state index in [4.69, 9.17) is 19.9 Å². The summed E-state index contributed by atoms with van der Waals surface area (Å²) in [5, 5.41) is 70.7. The van der Waals surface area contributed by atoms with Crippen molar-refractivity contribution in [3.05, 3.63) is 0 Å². The van der Waals surface area contributed by atoms with Gasteiger partial charge in [0.2, 0.25) is 0 Å². The molecule has 35 heavy (non-hydrogen) atoms. The van der Waals surface area contributed by atoms with Crippen LogP contribution in [-0.2, 0) is 23.7 Å². The largest absolute Gasteiger partial charge is 0.469 e. The lowest BCUT2D eigenvalue weighted by Gasteiger charge is -2.50. The van der Waals surface area contributed by atoms with E-state index in [-0.39, 0.29) is 12.4 Å². The van der Waals surface area contributed by atoms with Crippen molar-refractivity contribution >= 4 is 5.97 Å². The van der Waals surface area contributed by atoms with Crippen molar-refractivity contribution in [1.29, 1.82) is 0 Å². The number of nitrogens with two attached hydrogens (primary N) is 1. The van der Waals surface area contributed by atoms with Crippen molar-refractivity contribution in [1.82, 2.24) is 0 Å². The van der Waals surface area contributed by atoms with Gasteiger partial charge in [-0.05, 0) is 12.8 Å². The van der Waals surface area contributed by atoms with Crippen LogP contribution >= 0.6 is 0 Å². The Morgan fingerprint density at radius 3 is 2.06 bits per heavy atom. The van der Waals surface area contributed by atoms with E-state index in [0.717, 1.165) is 32.1 Å². The Hall–Kier alpha value is -0.970. The third-order valence-electron chi connectivity index (χ3n) is 6.78. The van der Waals surface area contributed by atoms with Gasteiger partial charge in [-0.3, -0.25) is 4.79 Å². The monoisotopic (exact) mass is 511 g/mol. The molecule has 2 saturated heterocycles. The van der Waals surface area contributed by atoms with Crippen LogP contribution in [0.5, 0.6) is 0 Å². The summed E-state index contributed by atoms with van der Waals surface area (Å²) in [7, 11) is 1.35. The molecule has 0 aromatic carbocycles. The molecule has 2 aliphatic heterocycles. The first-order chi connectivity index (χ1) is 16.6. The van der Waals surface area contributed by atoms with Crippen molar-refractivity contribution in [3.8, 4) is 0 Å². The molecular formula is C22H41NO12. The van der Waals surface area contributed by atoms with Gasteiger partial charge in [-0.25, -0.2) is 0 Å². The Morgan fingerprint density at radius 1 is 0.857 bits per heavy atom. The number of carbonyl (C=O) groups is 1. The van der Waals surface area contributed by atoms with E-state index < -0.39 is 74.1 Å². The zero-order chi connectivity index (χ0) is 26.2. The van der Waals surface area contributed by atoms with Crippen molar-refractivity contribution < 1.29 is 59.5 Å². The minimum absolute atomic E-state index is 0.157. The number of esters is 1. The summed E-state index contributed by atoms with van der Waals surface area (Å²) in [6, 6.07) is 0. The molecule has 0 aromatic rings. The summed E-state index contributed by atoms with van der Waals surface area (Å²) >= 11 is 0. The number of aliphatic hydroxyl groups excluding tert-OH is 7. The maximum atomic E-state index is 11.1. The van der Waals surface area contributed by atoms with E-state index in [1.165, 1.54) is 7.11 Å². The number of hydrogen-bond donors (Lipinski definition) is 8. The van der Waals surface area contributed by atoms with Gasteiger partial charge < -0.3 is 60.4 Å². The van der Waals surface area contributed by atoms with Gasteiger partial charge in [0.1, 0.15) is 42.7 Å². The predicted octanol–water partition coefficient (Wildman–Crippen LogP) is -2.77. The molecule has 0 unspecified atom stereocenters. The molecule has 2 fully saturated rings. The number of rotatable bonds is 13. The summed E-state index contributed by atoms with van der Waals surface area (Å²) in [5.74, 6) is -0.239. The van der Waals surface area contributed by atoms with Crippen LogP contribution < -0.4 is 5.73 Å². The third-order valence-corrected chi connectivity index (χ3v) is 6.78. The van der Waals surface area contributed by atoms with Gasteiger partial charge in [0.05, 0.1) is 25.9 Å². The lowest BCUT2D eigenvalue weighted by atomic mass is 9.80. The SMILES string of the molecule is COC(=O)CCCCCCCC[C@]1(N)[C@H](O)O[C@H](CO)[C@@H](O[C@@H]2O[C@H](CO)[C@H](O)[C@H](O)[C@H]2O)[C@@H]1O. The van der Waals surface area contributed by atoms with Crippen LogP contribution in [0.4, 0.5) is 0 Å². The van der Waals surface area contributed by atoms with Crippen LogP contribution in [-0.4, -0.2) is 123 Å². The highest BCUT2D eigenvalue weighted by Gasteiger charge is 2.55. The van der Waals surface area contributed by atoms with Gasteiger partial charge in [-0.1, -0.05) is 32.1 Å². The first-order valence-electron chi connectivity index (χ1n) is 12.0. The van der Waals surface area contributed by atoms with Crippen molar-refractivity contribution in [3.63, 3.8) is 0 Å². The molecule has 13 nitrogen and oxygen atoms in total. The van der Waals surface area contributed by atoms with E-state index >= 15 is 0 Å². The van der Waals surface area contributed by atoms with Crippen LogP contribution in [0.2, 0.25) is 0 Å². The van der Waals surface area contributed by atoms with Crippen molar-refractivity contribution in [2.24, 2.45) is 5.73 Å². The standard InChI is InChI=1S/C22H41NO12/c1-32-14(26)8-6-4-2-3-5-7-9-22(23)19(30)18(13(11-25)34-21(22)31)35-20-17(29)16(28)15(27)12(10-24)33-20/h12-13,15-21,24-25,27-31H,2-11,23H2,1H3/t12-,13-,15+,16+,17-,18-,19+,20+,21-,22-/m1/s1. The third kappa shape index (κ3) is 7.52. The summed E-state index contributed by atoms with van der Waals surface area (Å²) in [6.45, 7) is -1.32. The molecule has 0 amide bonds. The van der Waals surface area contributed by atoms with E-state index in [2.05, 4.69) is 4.74 Å². The lowest BCUT2D eigenvalue weighted by Crippen LogP contribution is -2.72. The van der Waals surface area contributed by atoms with Gasteiger partial charge in [-0.15, -0.1) is 0 Å². The van der Waals surface area contributed by atoms with Gasteiger partial charge in [0, 0.05) is 6.42 Å². The first-order valence-corrected chi connectivity index (χ1v) is 12.0. The smallest absolute Gasteiger partial charge is 0.305 e. The fourth-order valence-corrected chi connectivity index (χ4v) is 4.45. The van der Waals surface area contributed by atoms with E-state index in [9.17, 15) is 40.5 Å². The Kier molecular flexibility index (Phi) is 12.2. The van der Waals surface area contributed by atoms with Gasteiger partial charge in [0.25, 0.3) is 0 Å². The number of hydrogen-bond acceptors (Lipinski definition) is 13. The van der Waals surface area contributed by atoms with Crippen LogP contribution in [0.3, 0.4) is 0 Å². The molecule has 0 spiro atoms. The van der Waals surface area contributed by atoms with Gasteiger partial charge in [0.15, 0.2) is 12.6 Å². The summed E-state index contributed by atoms with van der Waals surface area (Å²) in [5.41, 5.74) is 4.68. The number of methoxy groups -OCH3 is 1. The molecule has 2 rings (SSSR count). The molecule has 0 bridgehead atoms. The molecule has 9 N–H and O–H groups in total. The van der Waals surface area contributed by atoms with Crippen molar-refractivity contribution in [2.75, 3.05) is 20.3 Å². The average Bonchev–Trinajstić information content (AvgIpc) is 2.85. The topological polar surface area (TPSA) is 222 Å². The molecular weight excluding hydrogens is 470 g/mol. The number of carbonyl (C=O) groups excluding carboxylic acids is 1. The van der Waals surface area contributed by atoms with Crippen LogP contribution in [0.25, 0.3) is 0 Å². The molecule has 0 aromatic heterocycles. The Labute approximate surface area is 204 Å². The zero-order valence-electron chi connectivity index (χ0n) is 20.0. The molecule has 2 aliphatic rings. The second-order valence-corrected chi connectivity index (χ2v) is 9.26. The maximum absolute atomic E-state index is 11.1. The Morgan fingerprint density at radius 2 is 1.46 bits per heavy atom. The second-order valence-electron chi connectivity index (χ2n) is 9.26. The zero-order valence-corrected chi connectivity index (χ0v) is 20.0. The van der Waals surface area contributed by atoms with Gasteiger partial charge >= 0.3 is 5.97 Å². The Bertz CT molecular complexity index is 640. The quantitative estimate of drug-likeness (QED) is 0.0928. The molecule has 13 heteroatoms. The highest BCUT2D eigenvalue weighted by molar-refractivity contribution is 5.68. The second kappa shape index (κ2) is 14.1. The van der Waals surface area contributed by atoms with E-state index in [1.807, 2.05) is 0 Å².